The molecule has 0 amide bonds. The Morgan fingerprint density at radius 1 is 1.10 bits per heavy atom. The van der Waals surface area contributed by atoms with E-state index in [-0.39, 0.29) is 5.41 Å². The van der Waals surface area contributed by atoms with E-state index in [9.17, 15) is 4.79 Å². The van der Waals surface area contributed by atoms with Gasteiger partial charge in [0.2, 0.25) is 0 Å². The van der Waals surface area contributed by atoms with Crippen molar-refractivity contribution in [3.63, 3.8) is 0 Å². The van der Waals surface area contributed by atoms with Crippen LogP contribution in [0.15, 0.2) is 58.7 Å². The molecule has 1 nitrogen and oxygen atoms in total. The largest absolute Gasteiger partial charge is 0.299 e. The number of carbonyl (C=O) groups excluding carboxylic acids is 1. The molecule has 0 aliphatic heterocycles. The Labute approximate surface area is 129 Å². The second kappa shape index (κ2) is 7.97. The first-order chi connectivity index (χ1) is 9.86. The van der Waals surface area contributed by atoms with Gasteiger partial charge in [0, 0.05) is 0 Å². The number of aldehydes is 1. The molecule has 1 rings (SSSR count). The molecule has 0 aromatic rings. The van der Waals surface area contributed by atoms with Gasteiger partial charge in [-0.3, -0.25) is 4.79 Å². The number of rotatable bonds is 5. The fourth-order valence-electron chi connectivity index (χ4n) is 2.80. The zero-order valence-corrected chi connectivity index (χ0v) is 14.1. The maximum Gasteiger partial charge on any atom is 0.143 e. The lowest BCUT2D eigenvalue weighted by Crippen LogP contribution is -2.19. The Morgan fingerprint density at radius 3 is 2.38 bits per heavy atom. The van der Waals surface area contributed by atoms with Gasteiger partial charge in [-0.1, -0.05) is 55.4 Å². The maximum absolute atomic E-state index is 10.3. The summed E-state index contributed by atoms with van der Waals surface area (Å²) in [7, 11) is 0. The third-order valence-electron chi connectivity index (χ3n) is 4.10. The van der Waals surface area contributed by atoms with E-state index in [0.717, 1.165) is 11.9 Å². The molecular weight excluding hydrogens is 256 g/mol. The van der Waals surface area contributed by atoms with Gasteiger partial charge in [-0.25, -0.2) is 0 Å². The predicted molar refractivity (Wildman–Crippen MR) is 92.2 cm³/mol. The van der Waals surface area contributed by atoms with Crippen LogP contribution in [0.5, 0.6) is 0 Å². The molecule has 0 spiro atoms. The van der Waals surface area contributed by atoms with Gasteiger partial charge in [0.25, 0.3) is 0 Å². The van der Waals surface area contributed by atoms with Gasteiger partial charge in [0.05, 0.1) is 0 Å². The minimum Gasteiger partial charge on any atom is -0.299 e. The molecule has 1 heteroatoms. The smallest absolute Gasteiger partial charge is 0.143 e. The lowest BCUT2D eigenvalue weighted by molar-refractivity contribution is -0.104. The summed E-state index contributed by atoms with van der Waals surface area (Å²) in [6.45, 7) is 10.9. The van der Waals surface area contributed by atoms with Crippen molar-refractivity contribution < 1.29 is 4.79 Å². The van der Waals surface area contributed by atoms with Gasteiger partial charge >= 0.3 is 0 Å². The Balaban J connectivity index is 2.80. The summed E-state index contributed by atoms with van der Waals surface area (Å²) in [6, 6.07) is 0. The van der Waals surface area contributed by atoms with Crippen LogP contribution >= 0.6 is 0 Å². The van der Waals surface area contributed by atoms with Gasteiger partial charge in [0.1, 0.15) is 6.29 Å². The van der Waals surface area contributed by atoms with E-state index in [1.807, 2.05) is 19.1 Å². The topological polar surface area (TPSA) is 17.1 Å². The van der Waals surface area contributed by atoms with Crippen LogP contribution in [0.25, 0.3) is 0 Å². The summed E-state index contributed by atoms with van der Waals surface area (Å²) >= 11 is 0. The molecule has 0 heterocycles. The van der Waals surface area contributed by atoms with Crippen molar-refractivity contribution in [3.05, 3.63) is 58.7 Å². The minimum atomic E-state index is 0.290. The summed E-state index contributed by atoms with van der Waals surface area (Å²) in [5.74, 6) is 0. The standard InChI is InChI=1S/C20H28O/c1-16(8-6-9-17(2)13-15-21)11-12-19-18(3)10-7-14-20(19,4)5/h6,8-9,11-13,15H,7,10,14H2,1-5H3/b9-6+,12-11?,16-8-,17-13+. The predicted octanol–water partition coefficient (Wildman–Crippen LogP) is 5.72. The Bertz CT molecular complexity index is 522. The molecule has 1 aliphatic rings. The van der Waals surface area contributed by atoms with Crippen molar-refractivity contribution in [2.24, 2.45) is 5.41 Å². The molecule has 0 saturated carbocycles. The fraction of sp³-hybridized carbons (Fsp3) is 0.450. The lowest BCUT2D eigenvalue weighted by atomic mass is 9.72. The van der Waals surface area contributed by atoms with Crippen molar-refractivity contribution in [1.82, 2.24) is 0 Å². The Kier molecular flexibility index (Phi) is 6.61. The molecule has 1 aliphatic carbocycles. The second-order valence-corrected chi connectivity index (χ2v) is 6.58. The van der Waals surface area contributed by atoms with E-state index >= 15 is 0 Å². The normalized spacial score (nSPS) is 20.6. The highest BCUT2D eigenvalue weighted by molar-refractivity contribution is 5.66. The van der Waals surface area contributed by atoms with Gasteiger partial charge in [-0.15, -0.1) is 0 Å². The van der Waals surface area contributed by atoms with Gasteiger partial charge in [-0.2, -0.15) is 0 Å². The lowest BCUT2D eigenvalue weighted by Gasteiger charge is -2.32. The van der Waals surface area contributed by atoms with E-state index in [4.69, 9.17) is 0 Å². The molecule has 114 valence electrons. The zero-order valence-electron chi connectivity index (χ0n) is 14.1. The molecule has 0 N–H and O–H groups in total. The average Bonchev–Trinajstić information content (AvgIpc) is 2.37. The second-order valence-electron chi connectivity index (χ2n) is 6.58. The maximum atomic E-state index is 10.3. The highest BCUT2D eigenvalue weighted by Gasteiger charge is 2.26. The van der Waals surface area contributed by atoms with Gasteiger partial charge in [-0.05, 0) is 62.7 Å². The highest BCUT2D eigenvalue weighted by Crippen LogP contribution is 2.40. The summed E-state index contributed by atoms with van der Waals surface area (Å²) in [5.41, 5.74) is 5.48. The van der Waals surface area contributed by atoms with Crippen LogP contribution in [0.3, 0.4) is 0 Å². The van der Waals surface area contributed by atoms with E-state index in [0.29, 0.717) is 0 Å². The number of hydrogen-bond acceptors (Lipinski definition) is 1. The van der Waals surface area contributed by atoms with Crippen LogP contribution in [0.1, 0.15) is 53.9 Å². The van der Waals surface area contributed by atoms with E-state index < -0.39 is 0 Å². The molecule has 0 bridgehead atoms. The summed E-state index contributed by atoms with van der Waals surface area (Å²) in [6.07, 6.45) is 16.6. The number of carbonyl (C=O) groups is 1. The monoisotopic (exact) mass is 284 g/mol. The summed E-state index contributed by atoms with van der Waals surface area (Å²) < 4.78 is 0. The van der Waals surface area contributed by atoms with Crippen molar-refractivity contribution >= 4 is 6.29 Å². The van der Waals surface area contributed by atoms with Crippen molar-refractivity contribution in [3.8, 4) is 0 Å². The molecule has 0 atom stereocenters. The van der Waals surface area contributed by atoms with Crippen LogP contribution in [0, 0.1) is 5.41 Å². The molecular formula is C20H28O. The quantitative estimate of drug-likeness (QED) is 0.358. The minimum absolute atomic E-state index is 0.290. The zero-order chi connectivity index (χ0) is 15.9. The fourth-order valence-corrected chi connectivity index (χ4v) is 2.80. The molecule has 21 heavy (non-hydrogen) atoms. The molecule has 0 saturated heterocycles. The first kappa shape index (κ1) is 17.4. The highest BCUT2D eigenvalue weighted by atomic mass is 16.1. The van der Waals surface area contributed by atoms with E-state index in [1.54, 1.807) is 6.08 Å². The molecule has 0 radical (unpaired) electrons. The third-order valence-corrected chi connectivity index (χ3v) is 4.10. The van der Waals surface area contributed by atoms with Crippen molar-refractivity contribution in [2.45, 2.75) is 53.9 Å². The molecule has 0 unspecified atom stereocenters. The SMILES string of the molecule is CC1=C(C=C\C(C)=C/C=C/C(C)=C/C=O)C(C)(C)CCC1. The van der Waals surface area contributed by atoms with E-state index in [2.05, 4.69) is 45.9 Å². The molecule has 0 fully saturated rings. The Morgan fingerprint density at radius 2 is 1.76 bits per heavy atom. The van der Waals surface area contributed by atoms with Crippen LogP contribution in [-0.4, -0.2) is 6.29 Å². The number of hydrogen-bond donors (Lipinski definition) is 0. The molecule has 0 aromatic carbocycles. The van der Waals surface area contributed by atoms with Crippen LogP contribution in [-0.2, 0) is 4.79 Å². The number of allylic oxidation sites excluding steroid dienone is 10. The van der Waals surface area contributed by atoms with Gasteiger partial charge < -0.3 is 0 Å². The molecule has 0 aromatic heterocycles. The first-order valence-corrected chi connectivity index (χ1v) is 7.72. The van der Waals surface area contributed by atoms with Crippen LogP contribution in [0.2, 0.25) is 0 Å². The van der Waals surface area contributed by atoms with Gasteiger partial charge in [0.15, 0.2) is 0 Å². The third kappa shape index (κ3) is 5.71. The van der Waals surface area contributed by atoms with E-state index in [1.165, 1.54) is 36.0 Å². The summed E-state index contributed by atoms with van der Waals surface area (Å²) in [4.78, 5) is 10.3. The van der Waals surface area contributed by atoms with Crippen LogP contribution < -0.4 is 0 Å². The first-order valence-electron chi connectivity index (χ1n) is 7.72. The van der Waals surface area contributed by atoms with Crippen molar-refractivity contribution in [2.75, 3.05) is 0 Å². The Hall–Kier alpha value is -1.63. The average molecular weight is 284 g/mol. The van der Waals surface area contributed by atoms with Crippen molar-refractivity contribution in [1.29, 1.82) is 0 Å². The summed E-state index contributed by atoms with van der Waals surface area (Å²) in [5, 5.41) is 0. The van der Waals surface area contributed by atoms with Crippen LogP contribution in [0.4, 0.5) is 0 Å².